The smallest absolute Gasteiger partial charge is 0.407 e. The highest BCUT2D eigenvalue weighted by Gasteiger charge is 2.21. The summed E-state index contributed by atoms with van der Waals surface area (Å²) in [7, 11) is 0. The molecule has 1 aliphatic rings. The normalized spacial score (nSPS) is 13.8. The number of benzene rings is 1. The first-order valence-electron chi connectivity index (χ1n) is 9.71. The van der Waals surface area contributed by atoms with E-state index in [2.05, 4.69) is 15.2 Å². The van der Waals surface area contributed by atoms with Gasteiger partial charge in [-0.3, -0.25) is 4.79 Å². The maximum absolute atomic E-state index is 12.4. The Hall–Kier alpha value is -2.80. The molecule has 7 nitrogen and oxygen atoms in total. The molecule has 1 fully saturated rings. The molecule has 0 bridgehead atoms. The first-order chi connectivity index (χ1) is 14.1. The summed E-state index contributed by atoms with van der Waals surface area (Å²) in [5.41, 5.74) is 0.935. The second-order valence-corrected chi connectivity index (χ2v) is 7.17. The number of carbonyl (C=O) groups is 2. The van der Waals surface area contributed by atoms with Gasteiger partial charge in [-0.2, -0.15) is 0 Å². The van der Waals surface area contributed by atoms with Crippen LogP contribution in [0.3, 0.4) is 0 Å². The number of ether oxygens (including phenoxy) is 1. The number of nitrogens with one attached hydrogen (secondary N) is 1. The van der Waals surface area contributed by atoms with Crippen molar-refractivity contribution in [2.24, 2.45) is 0 Å². The lowest BCUT2D eigenvalue weighted by Crippen LogP contribution is -2.49. The van der Waals surface area contributed by atoms with E-state index in [-0.39, 0.29) is 12.5 Å². The van der Waals surface area contributed by atoms with Gasteiger partial charge in [0.05, 0.1) is 0 Å². The van der Waals surface area contributed by atoms with Crippen molar-refractivity contribution in [1.29, 1.82) is 0 Å². The second-order valence-electron chi connectivity index (χ2n) is 6.78. The highest BCUT2D eigenvalue weighted by molar-refractivity contribution is 6.29. The molecule has 0 unspecified atom stereocenters. The fourth-order valence-electron chi connectivity index (χ4n) is 3.12. The average Bonchev–Trinajstić information content (AvgIpc) is 2.76. The van der Waals surface area contributed by atoms with Crippen molar-refractivity contribution in [3.8, 4) is 0 Å². The number of rotatable bonds is 7. The molecule has 29 heavy (non-hydrogen) atoms. The van der Waals surface area contributed by atoms with Gasteiger partial charge in [0, 0.05) is 39.1 Å². The molecule has 2 amide bonds. The second kappa shape index (κ2) is 10.7. The number of nitrogens with zero attached hydrogens (tertiary/aromatic N) is 3. The summed E-state index contributed by atoms with van der Waals surface area (Å²) in [4.78, 5) is 32.4. The fraction of sp³-hybridized carbons (Fsp3) is 0.381. The SMILES string of the molecule is O=C(NCCCC(=O)N1CCN(c2cccc(Cl)n2)CC1)OCc1ccccc1. The van der Waals surface area contributed by atoms with E-state index in [9.17, 15) is 9.59 Å². The molecular weight excluding hydrogens is 392 g/mol. The summed E-state index contributed by atoms with van der Waals surface area (Å²) in [6, 6.07) is 15.0. The zero-order chi connectivity index (χ0) is 20.5. The first-order valence-corrected chi connectivity index (χ1v) is 10.1. The number of anilines is 1. The van der Waals surface area contributed by atoms with Gasteiger partial charge in [-0.1, -0.05) is 48.0 Å². The van der Waals surface area contributed by atoms with Gasteiger partial charge in [-0.15, -0.1) is 0 Å². The van der Waals surface area contributed by atoms with Gasteiger partial charge in [0.25, 0.3) is 0 Å². The molecule has 1 saturated heterocycles. The lowest BCUT2D eigenvalue weighted by molar-refractivity contribution is -0.131. The summed E-state index contributed by atoms with van der Waals surface area (Å²) in [6.07, 6.45) is 0.507. The molecule has 154 valence electrons. The topological polar surface area (TPSA) is 74.8 Å². The lowest BCUT2D eigenvalue weighted by Gasteiger charge is -2.35. The van der Waals surface area contributed by atoms with Crippen molar-refractivity contribution in [3.63, 3.8) is 0 Å². The van der Waals surface area contributed by atoms with Crippen LogP contribution in [0.25, 0.3) is 0 Å². The van der Waals surface area contributed by atoms with Crippen molar-refractivity contribution < 1.29 is 14.3 Å². The number of alkyl carbamates (subject to hydrolysis) is 1. The number of piperazine rings is 1. The van der Waals surface area contributed by atoms with Crippen molar-refractivity contribution >= 4 is 29.4 Å². The van der Waals surface area contributed by atoms with E-state index in [4.69, 9.17) is 16.3 Å². The van der Waals surface area contributed by atoms with Gasteiger partial charge in [-0.05, 0) is 24.1 Å². The van der Waals surface area contributed by atoms with Crippen LogP contribution in [0.2, 0.25) is 5.15 Å². The number of aromatic nitrogens is 1. The van der Waals surface area contributed by atoms with Crippen LogP contribution < -0.4 is 10.2 Å². The standard InChI is InChI=1S/C21H25ClN4O3/c22-18-8-4-9-19(24-18)25-12-14-26(15-13-25)20(27)10-5-11-23-21(28)29-16-17-6-2-1-3-7-17/h1-4,6-9H,5,10-16H2,(H,23,28). The Bertz CT molecular complexity index is 811. The van der Waals surface area contributed by atoms with Crippen molar-refractivity contribution in [2.75, 3.05) is 37.6 Å². The molecule has 3 rings (SSSR count). The van der Waals surface area contributed by atoms with Gasteiger partial charge < -0.3 is 19.9 Å². The molecule has 1 N–H and O–H groups in total. The van der Waals surface area contributed by atoms with Crippen LogP contribution in [0.5, 0.6) is 0 Å². The number of pyridine rings is 1. The minimum atomic E-state index is -0.469. The molecule has 0 atom stereocenters. The Morgan fingerprint density at radius 2 is 1.79 bits per heavy atom. The van der Waals surface area contributed by atoms with Crippen LogP contribution in [-0.2, 0) is 16.1 Å². The largest absolute Gasteiger partial charge is 0.445 e. The third-order valence-corrected chi connectivity index (χ3v) is 4.92. The van der Waals surface area contributed by atoms with E-state index in [1.165, 1.54) is 0 Å². The monoisotopic (exact) mass is 416 g/mol. The van der Waals surface area contributed by atoms with Crippen LogP contribution in [-0.4, -0.2) is 54.6 Å². The highest BCUT2D eigenvalue weighted by Crippen LogP contribution is 2.16. The third kappa shape index (κ3) is 6.64. The third-order valence-electron chi connectivity index (χ3n) is 4.71. The van der Waals surface area contributed by atoms with E-state index >= 15 is 0 Å². The van der Waals surface area contributed by atoms with Crippen molar-refractivity contribution in [1.82, 2.24) is 15.2 Å². The Morgan fingerprint density at radius 3 is 2.52 bits per heavy atom. The average molecular weight is 417 g/mol. The molecule has 2 heterocycles. The lowest BCUT2D eigenvalue weighted by atomic mass is 10.2. The van der Waals surface area contributed by atoms with E-state index in [1.54, 1.807) is 6.07 Å². The van der Waals surface area contributed by atoms with Crippen LogP contribution in [0.1, 0.15) is 18.4 Å². The summed E-state index contributed by atoms with van der Waals surface area (Å²) >= 11 is 5.95. The first kappa shape index (κ1) is 20.9. The van der Waals surface area contributed by atoms with Crippen molar-refractivity contribution in [2.45, 2.75) is 19.4 Å². The molecule has 0 spiro atoms. The van der Waals surface area contributed by atoms with Gasteiger partial charge in [-0.25, -0.2) is 9.78 Å². The van der Waals surface area contributed by atoms with Gasteiger partial charge in [0.2, 0.25) is 5.91 Å². The zero-order valence-electron chi connectivity index (χ0n) is 16.2. The maximum Gasteiger partial charge on any atom is 0.407 e. The highest BCUT2D eigenvalue weighted by atomic mass is 35.5. The molecule has 1 aromatic carbocycles. The number of halogens is 1. The summed E-state index contributed by atoms with van der Waals surface area (Å²) in [5, 5.41) is 3.15. The Kier molecular flexibility index (Phi) is 7.69. The quantitative estimate of drug-likeness (QED) is 0.554. The fourth-order valence-corrected chi connectivity index (χ4v) is 3.28. The summed E-state index contributed by atoms with van der Waals surface area (Å²) in [6.45, 7) is 3.40. The number of carbonyl (C=O) groups excluding carboxylic acids is 2. The van der Waals surface area contributed by atoms with Gasteiger partial charge >= 0.3 is 6.09 Å². The van der Waals surface area contributed by atoms with Crippen LogP contribution in [0, 0.1) is 0 Å². The molecule has 8 heteroatoms. The van der Waals surface area contributed by atoms with Crippen LogP contribution >= 0.6 is 11.6 Å². The summed E-state index contributed by atoms with van der Waals surface area (Å²) < 4.78 is 5.15. The minimum absolute atomic E-state index is 0.100. The zero-order valence-corrected chi connectivity index (χ0v) is 17.0. The van der Waals surface area contributed by atoms with E-state index in [1.807, 2.05) is 47.4 Å². The Labute approximate surface area is 175 Å². The molecule has 0 saturated carbocycles. The maximum atomic E-state index is 12.4. The predicted octanol–water partition coefficient (Wildman–Crippen LogP) is 3.09. The molecule has 1 aromatic heterocycles. The van der Waals surface area contributed by atoms with E-state index in [0.717, 1.165) is 24.5 Å². The molecule has 1 aliphatic heterocycles. The van der Waals surface area contributed by atoms with Crippen LogP contribution in [0.15, 0.2) is 48.5 Å². The molecule has 0 radical (unpaired) electrons. The number of hydrogen-bond acceptors (Lipinski definition) is 5. The van der Waals surface area contributed by atoms with E-state index in [0.29, 0.717) is 37.6 Å². The number of amides is 2. The minimum Gasteiger partial charge on any atom is -0.445 e. The molecule has 2 aromatic rings. The Morgan fingerprint density at radius 1 is 1.03 bits per heavy atom. The number of hydrogen-bond donors (Lipinski definition) is 1. The molecule has 0 aliphatic carbocycles. The predicted molar refractivity (Wildman–Crippen MR) is 112 cm³/mol. The van der Waals surface area contributed by atoms with Crippen LogP contribution in [0.4, 0.5) is 10.6 Å². The van der Waals surface area contributed by atoms with Gasteiger partial charge in [0.1, 0.15) is 17.6 Å². The Balaban J connectivity index is 1.29. The van der Waals surface area contributed by atoms with Gasteiger partial charge in [0.15, 0.2) is 0 Å². The van der Waals surface area contributed by atoms with E-state index < -0.39 is 6.09 Å². The van der Waals surface area contributed by atoms with Crippen molar-refractivity contribution in [3.05, 3.63) is 59.2 Å². The summed E-state index contributed by atoms with van der Waals surface area (Å²) in [5.74, 6) is 0.936. The molecular formula is C21H25ClN4O3.